The van der Waals surface area contributed by atoms with Gasteiger partial charge in [-0.25, -0.2) is 0 Å². The van der Waals surface area contributed by atoms with Gasteiger partial charge in [0.1, 0.15) is 24.4 Å². The van der Waals surface area contributed by atoms with Crippen LogP contribution >= 0.6 is 0 Å². The van der Waals surface area contributed by atoms with Crippen LogP contribution in [0.1, 0.15) is 13.8 Å². The highest BCUT2D eigenvalue weighted by molar-refractivity contribution is 5.56. The normalized spacial score (nSPS) is 18.5. The van der Waals surface area contributed by atoms with Crippen LogP contribution in [0.15, 0.2) is 0 Å². The number of aliphatic hydroxyl groups is 5. The molecule has 0 saturated heterocycles. The molecule has 0 spiro atoms. The Hall–Kier alpha value is -0.530. The molecule has 0 radical (unpaired) electrons. The van der Waals surface area contributed by atoms with E-state index in [2.05, 4.69) is 0 Å². The maximum atomic E-state index is 9.90. The molecule has 6 heteroatoms. The minimum absolute atomic E-state index is 0.0258. The third kappa shape index (κ3) is 5.25. The summed E-state index contributed by atoms with van der Waals surface area (Å²) in [6.07, 6.45) is -6.84. The lowest BCUT2D eigenvalue weighted by molar-refractivity contribution is -0.136. The van der Waals surface area contributed by atoms with Crippen molar-refractivity contribution in [3.05, 3.63) is 0 Å². The molecule has 0 saturated carbocycles. The van der Waals surface area contributed by atoms with Crippen LogP contribution in [0.3, 0.4) is 0 Å². The van der Waals surface area contributed by atoms with E-state index in [1.54, 1.807) is 0 Å². The molecule has 0 rings (SSSR count). The van der Waals surface area contributed by atoms with Gasteiger partial charge < -0.3 is 30.3 Å². The van der Waals surface area contributed by atoms with Gasteiger partial charge in [-0.3, -0.25) is 0 Å². The van der Waals surface area contributed by atoms with E-state index in [0.717, 1.165) is 0 Å². The topological polar surface area (TPSA) is 118 Å². The Bertz CT molecular complexity index is 140. The molecule has 0 unspecified atom stereocenters. The molecule has 5 N–H and O–H groups in total. The van der Waals surface area contributed by atoms with Crippen molar-refractivity contribution in [3.63, 3.8) is 0 Å². The van der Waals surface area contributed by atoms with E-state index in [0.29, 0.717) is 0 Å². The Morgan fingerprint density at radius 1 is 1.07 bits per heavy atom. The third-order valence-corrected chi connectivity index (χ3v) is 1.42. The molecule has 6 nitrogen and oxygen atoms in total. The Labute approximate surface area is 82.4 Å². The molecule has 0 aromatic rings. The fourth-order valence-electron chi connectivity index (χ4n) is 0.618. The van der Waals surface area contributed by atoms with Crippen LogP contribution in [0.5, 0.6) is 0 Å². The molecular weight excluding hydrogens is 192 g/mol. The van der Waals surface area contributed by atoms with Gasteiger partial charge in [-0.1, -0.05) is 13.8 Å². The average Bonchev–Trinajstić information content (AvgIpc) is 2.27. The standard InChI is InChI=1S/C6H12O6.C2H6/c7-1-3(9)5(11)6(12)4(10)2-8;1-2/h1,3-6,8-12H,2H2;1-2H3/t3-,4+,5+,6+;/m0./s1. The van der Waals surface area contributed by atoms with Crippen molar-refractivity contribution in [1.29, 1.82) is 0 Å². The highest BCUT2D eigenvalue weighted by atomic mass is 16.4. The maximum Gasteiger partial charge on any atom is 0.151 e. The number of hydrogen-bond donors (Lipinski definition) is 5. The smallest absolute Gasteiger partial charge is 0.151 e. The van der Waals surface area contributed by atoms with Crippen LogP contribution in [0.25, 0.3) is 0 Å². The summed E-state index contributed by atoms with van der Waals surface area (Å²) in [7, 11) is 0. The second kappa shape index (κ2) is 9.04. The lowest BCUT2D eigenvalue weighted by atomic mass is 10.0. The summed E-state index contributed by atoms with van der Waals surface area (Å²) in [4.78, 5) is 9.90. The van der Waals surface area contributed by atoms with Gasteiger partial charge in [0.2, 0.25) is 0 Å². The summed E-state index contributed by atoms with van der Waals surface area (Å²) in [5.74, 6) is 0. The van der Waals surface area contributed by atoms with Crippen LogP contribution in [-0.2, 0) is 4.79 Å². The zero-order chi connectivity index (χ0) is 11.7. The SMILES string of the molecule is CC.O=C[C@H](O)[C@@H](O)[C@H](O)[C@H](O)CO. The van der Waals surface area contributed by atoms with E-state index in [9.17, 15) is 4.79 Å². The quantitative estimate of drug-likeness (QED) is 0.324. The second-order valence-electron chi connectivity index (χ2n) is 2.36. The largest absolute Gasteiger partial charge is 0.394 e. The van der Waals surface area contributed by atoms with Crippen molar-refractivity contribution in [2.75, 3.05) is 6.61 Å². The molecular formula is C8H18O6. The summed E-state index contributed by atoms with van der Waals surface area (Å²) >= 11 is 0. The third-order valence-electron chi connectivity index (χ3n) is 1.42. The number of aldehydes is 1. The molecule has 0 aliphatic heterocycles. The van der Waals surface area contributed by atoms with Gasteiger partial charge in [-0.05, 0) is 0 Å². The first kappa shape index (κ1) is 15.9. The van der Waals surface area contributed by atoms with Crippen LogP contribution in [0, 0.1) is 0 Å². The number of aliphatic hydroxyl groups excluding tert-OH is 5. The first-order valence-corrected chi connectivity index (χ1v) is 4.33. The minimum Gasteiger partial charge on any atom is -0.394 e. The molecule has 14 heavy (non-hydrogen) atoms. The average molecular weight is 210 g/mol. The van der Waals surface area contributed by atoms with Gasteiger partial charge in [0, 0.05) is 0 Å². The molecule has 0 bridgehead atoms. The summed E-state index contributed by atoms with van der Waals surface area (Å²) in [6.45, 7) is 3.24. The second-order valence-corrected chi connectivity index (χ2v) is 2.36. The zero-order valence-corrected chi connectivity index (χ0v) is 8.24. The number of rotatable bonds is 5. The van der Waals surface area contributed by atoms with E-state index in [-0.39, 0.29) is 6.29 Å². The Morgan fingerprint density at radius 2 is 1.50 bits per heavy atom. The van der Waals surface area contributed by atoms with Gasteiger partial charge in [0.05, 0.1) is 6.61 Å². The van der Waals surface area contributed by atoms with Crippen molar-refractivity contribution < 1.29 is 30.3 Å². The Balaban J connectivity index is 0. The first-order valence-electron chi connectivity index (χ1n) is 4.33. The molecule has 0 heterocycles. The van der Waals surface area contributed by atoms with E-state index in [1.807, 2.05) is 13.8 Å². The molecule has 0 aliphatic rings. The van der Waals surface area contributed by atoms with Crippen molar-refractivity contribution in [3.8, 4) is 0 Å². The number of carbonyl (C=O) groups excluding carboxylic acids is 1. The van der Waals surface area contributed by atoms with Crippen LogP contribution in [-0.4, -0.2) is 62.8 Å². The van der Waals surface area contributed by atoms with Crippen LogP contribution in [0.4, 0.5) is 0 Å². The van der Waals surface area contributed by atoms with Gasteiger partial charge in [-0.2, -0.15) is 0 Å². The van der Waals surface area contributed by atoms with E-state index in [4.69, 9.17) is 25.5 Å². The van der Waals surface area contributed by atoms with Crippen LogP contribution < -0.4 is 0 Å². The Morgan fingerprint density at radius 3 is 1.79 bits per heavy atom. The van der Waals surface area contributed by atoms with Crippen molar-refractivity contribution >= 4 is 6.29 Å². The van der Waals surface area contributed by atoms with E-state index < -0.39 is 31.0 Å². The highest BCUT2D eigenvalue weighted by Gasteiger charge is 2.29. The Kier molecular flexibility index (Phi) is 10.3. The predicted molar refractivity (Wildman–Crippen MR) is 48.5 cm³/mol. The zero-order valence-electron chi connectivity index (χ0n) is 8.24. The maximum absolute atomic E-state index is 9.90. The summed E-state index contributed by atoms with van der Waals surface area (Å²) in [5.41, 5.74) is 0. The van der Waals surface area contributed by atoms with Gasteiger partial charge in [0.15, 0.2) is 6.29 Å². The van der Waals surface area contributed by atoms with Gasteiger partial charge >= 0.3 is 0 Å². The predicted octanol–water partition coefficient (Wildman–Crippen LogP) is -2.35. The highest BCUT2D eigenvalue weighted by Crippen LogP contribution is 2.02. The molecule has 0 fully saturated rings. The molecule has 0 amide bonds. The van der Waals surface area contributed by atoms with E-state index in [1.165, 1.54) is 0 Å². The molecule has 0 aromatic heterocycles. The summed E-state index contributed by atoms with van der Waals surface area (Å²) < 4.78 is 0. The number of hydrogen-bond acceptors (Lipinski definition) is 6. The van der Waals surface area contributed by atoms with Crippen molar-refractivity contribution in [2.24, 2.45) is 0 Å². The van der Waals surface area contributed by atoms with E-state index >= 15 is 0 Å². The fraction of sp³-hybridized carbons (Fsp3) is 0.875. The molecule has 4 atom stereocenters. The van der Waals surface area contributed by atoms with Crippen molar-refractivity contribution in [2.45, 2.75) is 38.3 Å². The van der Waals surface area contributed by atoms with Crippen LogP contribution in [0.2, 0.25) is 0 Å². The fourth-order valence-corrected chi connectivity index (χ4v) is 0.618. The lowest BCUT2D eigenvalue weighted by Gasteiger charge is -2.22. The summed E-state index contributed by atoms with van der Waals surface area (Å²) in [5, 5.41) is 43.5. The van der Waals surface area contributed by atoms with Gasteiger partial charge in [-0.15, -0.1) is 0 Å². The lowest BCUT2D eigenvalue weighted by Crippen LogP contribution is -2.46. The monoisotopic (exact) mass is 210 g/mol. The van der Waals surface area contributed by atoms with Gasteiger partial charge in [0.25, 0.3) is 0 Å². The minimum atomic E-state index is -1.79. The summed E-state index contributed by atoms with van der Waals surface area (Å²) in [6, 6.07) is 0. The first-order chi connectivity index (χ1) is 6.54. The molecule has 0 aliphatic carbocycles. The molecule has 86 valence electrons. The number of carbonyl (C=O) groups is 1. The van der Waals surface area contributed by atoms with Crippen molar-refractivity contribution in [1.82, 2.24) is 0 Å². The molecule has 0 aromatic carbocycles.